The van der Waals surface area contributed by atoms with Gasteiger partial charge >= 0.3 is 0 Å². The van der Waals surface area contributed by atoms with Crippen molar-refractivity contribution in [3.05, 3.63) is 90.4 Å². The van der Waals surface area contributed by atoms with Crippen molar-refractivity contribution in [3.8, 4) is 22.6 Å². The average Bonchev–Trinajstić information content (AvgIpc) is 3.62. The molecule has 9 nitrogen and oxygen atoms in total. The SMILES string of the molecule is CN1CCN(c2nccc3[nH]c(-c4n[nH]c5ccc(-c6cncc(CNCc7ccccc7)c6)nc45)cc23)CC1. The highest BCUT2D eigenvalue weighted by Gasteiger charge is 2.20. The molecule has 0 spiro atoms. The van der Waals surface area contributed by atoms with Crippen LogP contribution in [0.2, 0.25) is 0 Å². The predicted molar refractivity (Wildman–Crippen MR) is 159 cm³/mol. The van der Waals surface area contributed by atoms with Crippen molar-refractivity contribution in [3.63, 3.8) is 0 Å². The molecule has 0 bridgehead atoms. The van der Waals surface area contributed by atoms with E-state index in [9.17, 15) is 0 Å². The molecule has 1 saturated heterocycles. The summed E-state index contributed by atoms with van der Waals surface area (Å²) in [4.78, 5) is 22.6. The highest BCUT2D eigenvalue weighted by Crippen LogP contribution is 2.33. The van der Waals surface area contributed by atoms with Gasteiger partial charge in [0.15, 0.2) is 0 Å². The third-order valence-electron chi connectivity index (χ3n) is 7.58. The van der Waals surface area contributed by atoms with Crippen LogP contribution >= 0.6 is 0 Å². The largest absolute Gasteiger partial charge is 0.353 e. The topological polar surface area (TPSA) is 102 Å². The first-order valence-electron chi connectivity index (χ1n) is 13.7. The molecule has 0 saturated carbocycles. The quantitative estimate of drug-likeness (QED) is 0.278. The number of nitrogens with zero attached hydrogens (tertiary/aromatic N) is 6. The summed E-state index contributed by atoms with van der Waals surface area (Å²) in [5.41, 5.74) is 8.70. The Kier molecular flexibility index (Phi) is 6.43. The molecular weight excluding hydrogens is 498 g/mol. The van der Waals surface area contributed by atoms with E-state index in [1.165, 1.54) is 5.56 Å². The third kappa shape index (κ3) is 4.81. The first-order valence-corrected chi connectivity index (χ1v) is 13.7. The van der Waals surface area contributed by atoms with Crippen molar-refractivity contribution < 1.29 is 0 Å². The van der Waals surface area contributed by atoms with Crippen molar-refractivity contribution in [2.24, 2.45) is 0 Å². The number of pyridine rings is 3. The van der Waals surface area contributed by atoms with Crippen molar-refractivity contribution in [1.82, 2.24) is 40.3 Å². The first-order chi connectivity index (χ1) is 19.7. The van der Waals surface area contributed by atoms with Crippen LogP contribution in [0.15, 0.2) is 79.3 Å². The van der Waals surface area contributed by atoms with Crippen molar-refractivity contribution >= 4 is 27.8 Å². The number of fused-ring (bicyclic) bond motifs is 2. The van der Waals surface area contributed by atoms with Crippen LogP contribution in [0.1, 0.15) is 11.1 Å². The second kappa shape index (κ2) is 10.5. The lowest BCUT2D eigenvalue weighted by atomic mass is 10.1. The standard InChI is InChI=1S/C31H31N9/c1-39-11-13-40(14-12-39)31-24-16-28(35-26(24)9-10-34-31)30-29-27(37-38-30)8-7-25(36-29)23-15-22(19-33-20-23)18-32-17-21-5-3-2-4-6-21/h2-10,15-16,19-20,32,35H,11-14,17-18H2,1H3,(H,37,38). The summed E-state index contributed by atoms with van der Waals surface area (Å²) in [7, 11) is 2.17. The Morgan fingerprint density at radius 1 is 0.875 bits per heavy atom. The molecule has 0 radical (unpaired) electrons. The average molecular weight is 530 g/mol. The Bertz CT molecular complexity index is 1760. The zero-order chi connectivity index (χ0) is 26.9. The summed E-state index contributed by atoms with van der Waals surface area (Å²) in [6.07, 6.45) is 5.65. The minimum atomic E-state index is 0.730. The maximum absolute atomic E-state index is 5.04. The zero-order valence-electron chi connectivity index (χ0n) is 22.4. The number of nitrogens with one attached hydrogen (secondary N) is 3. The monoisotopic (exact) mass is 529 g/mol. The lowest BCUT2D eigenvalue weighted by Gasteiger charge is -2.33. The van der Waals surface area contributed by atoms with Crippen molar-refractivity contribution in [2.45, 2.75) is 13.1 Å². The van der Waals surface area contributed by atoms with Crippen LogP contribution in [0.3, 0.4) is 0 Å². The molecule has 0 aliphatic carbocycles. The summed E-state index contributed by atoms with van der Waals surface area (Å²) in [6.45, 7) is 5.54. The van der Waals surface area contributed by atoms with Crippen LogP contribution < -0.4 is 10.2 Å². The van der Waals surface area contributed by atoms with Crippen molar-refractivity contribution in [2.75, 3.05) is 38.1 Å². The summed E-state index contributed by atoms with van der Waals surface area (Å²) < 4.78 is 0. The molecule has 6 heterocycles. The van der Waals surface area contributed by atoms with Gasteiger partial charge in [0, 0.05) is 68.8 Å². The fraction of sp³-hybridized carbons (Fsp3) is 0.226. The van der Waals surface area contributed by atoms with Gasteiger partial charge in [0.25, 0.3) is 0 Å². The van der Waals surface area contributed by atoms with Gasteiger partial charge in [-0.1, -0.05) is 30.3 Å². The molecule has 1 fully saturated rings. The molecule has 1 aromatic carbocycles. The minimum absolute atomic E-state index is 0.730. The maximum atomic E-state index is 5.04. The number of anilines is 1. The number of aromatic amines is 2. The molecule has 5 aromatic heterocycles. The third-order valence-corrected chi connectivity index (χ3v) is 7.58. The number of benzene rings is 1. The van der Waals surface area contributed by atoms with Crippen LogP contribution in [0.5, 0.6) is 0 Å². The molecule has 40 heavy (non-hydrogen) atoms. The smallest absolute Gasteiger partial charge is 0.138 e. The predicted octanol–water partition coefficient (Wildman–Crippen LogP) is 4.60. The molecule has 3 N–H and O–H groups in total. The van der Waals surface area contributed by atoms with Crippen LogP contribution in [0.4, 0.5) is 5.82 Å². The molecule has 1 aliphatic rings. The summed E-state index contributed by atoms with van der Waals surface area (Å²) in [5.74, 6) is 1.02. The molecule has 0 unspecified atom stereocenters. The van der Waals surface area contributed by atoms with E-state index >= 15 is 0 Å². The second-order valence-electron chi connectivity index (χ2n) is 10.4. The van der Waals surface area contributed by atoms with Gasteiger partial charge in [-0.25, -0.2) is 9.97 Å². The van der Waals surface area contributed by atoms with E-state index in [0.29, 0.717) is 0 Å². The van der Waals surface area contributed by atoms with Crippen LogP contribution in [0.25, 0.3) is 44.6 Å². The van der Waals surface area contributed by atoms with Gasteiger partial charge in [0.05, 0.1) is 22.4 Å². The number of rotatable bonds is 7. The lowest BCUT2D eigenvalue weighted by Crippen LogP contribution is -2.44. The molecule has 6 aromatic rings. The highest BCUT2D eigenvalue weighted by atomic mass is 15.3. The summed E-state index contributed by atoms with van der Waals surface area (Å²) >= 11 is 0. The number of piperazine rings is 1. The number of hydrogen-bond acceptors (Lipinski definition) is 7. The number of likely N-dealkylation sites (N-methyl/N-ethyl adjacent to an activating group) is 1. The van der Waals surface area contributed by atoms with Gasteiger partial charge in [-0.05, 0) is 48.5 Å². The highest BCUT2D eigenvalue weighted by molar-refractivity contribution is 5.98. The molecule has 200 valence electrons. The van der Waals surface area contributed by atoms with Crippen LogP contribution in [0, 0.1) is 0 Å². The second-order valence-corrected chi connectivity index (χ2v) is 10.4. The Morgan fingerprint density at radius 3 is 2.60 bits per heavy atom. The van der Waals surface area contributed by atoms with Crippen LogP contribution in [-0.4, -0.2) is 68.3 Å². The van der Waals surface area contributed by atoms with Gasteiger partial charge < -0.3 is 20.1 Å². The fourth-order valence-corrected chi connectivity index (χ4v) is 5.36. The molecule has 0 atom stereocenters. The number of hydrogen-bond donors (Lipinski definition) is 3. The minimum Gasteiger partial charge on any atom is -0.353 e. The molecule has 0 amide bonds. The van der Waals surface area contributed by atoms with E-state index in [0.717, 1.165) is 95.2 Å². The fourth-order valence-electron chi connectivity index (χ4n) is 5.36. The normalized spacial score (nSPS) is 14.4. The van der Waals surface area contributed by atoms with E-state index in [2.05, 4.69) is 78.7 Å². The Morgan fingerprint density at radius 2 is 1.73 bits per heavy atom. The number of aromatic nitrogens is 6. The van der Waals surface area contributed by atoms with E-state index in [4.69, 9.17) is 9.97 Å². The molecule has 9 heteroatoms. The summed E-state index contributed by atoms with van der Waals surface area (Å²) in [5, 5.41) is 12.4. The molecule has 1 aliphatic heterocycles. The summed E-state index contributed by atoms with van der Waals surface area (Å²) in [6, 6.07) is 20.8. The van der Waals surface area contributed by atoms with E-state index in [-0.39, 0.29) is 0 Å². The first kappa shape index (κ1) is 24.4. The Balaban J connectivity index is 1.17. The van der Waals surface area contributed by atoms with E-state index in [1.54, 1.807) is 0 Å². The van der Waals surface area contributed by atoms with Gasteiger partial charge in [0.2, 0.25) is 0 Å². The van der Waals surface area contributed by atoms with Gasteiger partial charge in [-0.2, -0.15) is 5.10 Å². The Hall–Kier alpha value is -4.60. The van der Waals surface area contributed by atoms with Crippen molar-refractivity contribution in [1.29, 1.82) is 0 Å². The zero-order valence-corrected chi connectivity index (χ0v) is 22.4. The maximum Gasteiger partial charge on any atom is 0.138 e. The molecule has 7 rings (SSSR count). The van der Waals surface area contributed by atoms with E-state index in [1.807, 2.05) is 42.9 Å². The van der Waals surface area contributed by atoms with Gasteiger partial charge in [-0.3, -0.25) is 10.1 Å². The lowest BCUT2D eigenvalue weighted by molar-refractivity contribution is 0.312. The number of H-pyrrole nitrogens is 2. The molecular formula is C31H31N9. The van der Waals surface area contributed by atoms with Gasteiger partial charge in [0.1, 0.15) is 17.0 Å². The van der Waals surface area contributed by atoms with Gasteiger partial charge in [-0.15, -0.1) is 0 Å². The van der Waals surface area contributed by atoms with E-state index < -0.39 is 0 Å². The van der Waals surface area contributed by atoms with Crippen LogP contribution in [-0.2, 0) is 13.1 Å². The Labute approximate surface area is 232 Å².